The molecule has 1 spiro atoms. The Kier molecular flexibility index (Phi) is 5.83. The summed E-state index contributed by atoms with van der Waals surface area (Å²) in [5.41, 5.74) is 3.93. The lowest BCUT2D eigenvalue weighted by molar-refractivity contribution is -0.208. The number of hydrogen-bond donors (Lipinski definition) is 1. The highest BCUT2D eigenvalue weighted by molar-refractivity contribution is 5.75. The fourth-order valence-corrected chi connectivity index (χ4v) is 5.85. The average Bonchev–Trinajstić information content (AvgIpc) is 3.26. The van der Waals surface area contributed by atoms with E-state index in [4.69, 9.17) is 14.2 Å². The van der Waals surface area contributed by atoms with E-state index in [0.29, 0.717) is 38.2 Å². The largest absolute Gasteiger partial charge is 0.465 e. The number of carbonyl (C=O) groups is 1. The molecule has 0 radical (unpaired) electrons. The van der Waals surface area contributed by atoms with Crippen molar-refractivity contribution in [3.63, 3.8) is 0 Å². The molecule has 0 aromatic heterocycles. The topological polar surface area (TPSA) is 56.8 Å². The van der Waals surface area contributed by atoms with Crippen LogP contribution in [0.2, 0.25) is 0 Å². The van der Waals surface area contributed by atoms with Crippen LogP contribution in [0.1, 0.15) is 54.7 Å². The highest BCUT2D eigenvalue weighted by Gasteiger charge is 2.57. The summed E-state index contributed by atoms with van der Waals surface area (Å²) >= 11 is 0. The molecule has 164 valence electrons. The van der Waals surface area contributed by atoms with Gasteiger partial charge in [-0.25, -0.2) is 0 Å². The molecule has 6 rings (SSSR count). The second-order valence-corrected chi connectivity index (χ2v) is 8.90. The summed E-state index contributed by atoms with van der Waals surface area (Å²) in [5, 5.41) is 3.48. The smallest absolute Gasteiger partial charge is 0.323 e. The Morgan fingerprint density at radius 3 is 2.55 bits per heavy atom. The first-order chi connectivity index (χ1) is 15.2. The van der Waals surface area contributed by atoms with Crippen molar-refractivity contribution in [1.82, 2.24) is 5.32 Å². The fourth-order valence-electron chi connectivity index (χ4n) is 5.85. The van der Waals surface area contributed by atoms with Crippen LogP contribution in [-0.4, -0.2) is 37.6 Å². The lowest BCUT2D eigenvalue weighted by atomic mass is 9.58. The van der Waals surface area contributed by atoms with Gasteiger partial charge < -0.3 is 19.5 Å². The Morgan fingerprint density at radius 1 is 1.10 bits per heavy atom. The highest BCUT2D eigenvalue weighted by Crippen LogP contribution is 2.60. The highest BCUT2D eigenvalue weighted by atomic mass is 16.7. The van der Waals surface area contributed by atoms with Gasteiger partial charge >= 0.3 is 5.97 Å². The maximum atomic E-state index is 12.8. The average molecular weight is 422 g/mol. The van der Waals surface area contributed by atoms with E-state index < -0.39 is 5.79 Å². The van der Waals surface area contributed by atoms with Gasteiger partial charge in [-0.1, -0.05) is 54.6 Å². The monoisotopic (exact) mass is 421 g/mol. The molecule has 1 heterocycles. The molecular formula is C26H31NO4. The predicted octanol–water partition coefficient (Wildman–Crippen LogP) is 4.13. The maximum Gasteiger partial charge on any atom is 0.323 e. The number of fused-ring (bicyclic) bond motifs is 1. The number of ether oxygens (including phenoxy) is 3. The molecular weight excluding hydrogens is 390 g/mol. The number of rotatable bonds is 7. The Bertz CT molecular complexity index is 909. The number of carbonyl (C=O) groups excluding carboxylic acids is 1. The van der Waals surface area contributed by atoms with Gasteiger partial charge in [0.1, 0.15) is 6.04 Å². The summed E-state index contributed by atoms with van der Waals surface area (Å²) in [6.07, 6.45) is 2.61. The molecule has 2 aromatic rings. The minimum absolute atomic E-state index is 0.156. The first-order valence-corrected chi connectivity index (χ1v) is 11.5. The van der Waals surface area contributed by atoms with Gasteiger partial charge in [0.15, 0.2) is 5.79 Å². The molecule has 5 nitrogen and oxygen atoms in total. The third-order valence-corrected chi connectivity index (χ3v) is 7.19. The van der Waals surface area contributed by atoms with E-state index in [1.165, 1.54) is 16.7 Å². The van der Waals surface area contributed by atoms with Crippen molar-refractivity contribution in [2.24, 2.45) is 5.92 Å². The SMILES string of the molecule is CCOC(=O)C(C[C@H]1C[C@@H]2c3ccccc3[C@@H]1CC21OCCO1)NCc1ccccc1. The molecule has 2 aromatic carbocycles. The zero-order valence-electron chi connectivity index (χ0n) is 18.1. The number of nitrogens with one attached hydrogen (secondary N) is 1. The van der Waals surface area contributed by atoms with E-state index in [9.17, 15) is 4.79 Å². The Labute approximate surface area is 184 Å². The standard InChI is InChI=1S/C26H31NO4/c1-2-29-25(28)24(27-17-18-8-4-3-5-9-18)15-19-14-23-21-11-7-6-10-20(21)22(19)16-26(23)30-12-13-31-26/h3-11,19,22-24,27H,2,12-17H2,1H3/t19-,22-,23-,24?/m1/s1. The second kappa shape index (κ2) is 8.73. The van der Waals surface area contributed by atoms with Gasteiger partial charge in [-0.2, -0.15) is 0 Å². The van der Waals surface area contributed by atoms with Gasteiger partial charge in [0.25, 0.3) is 0 Å². The van der Waals surface area contributed by atoms with Crippen LogP contribution in [-0.2, 0) is 25.5 Å². The van der Waals surface area contributed by atoms with Crippen LogP contribution in [0.3, 0.4) is 0 Å². The summed E-state index contributed by atoms with van der Waals surface area (Å²) in [6.45, 7) is 4.24. The van der Waals surface area contributed by atoms with Crippen LogP contribution < -0.4 is 5.32 Å². The molecule has 5 heteroatoms. The van der Waals surface area contributed by atoms with Crippen LogP contribution in [0.5, 0.6) is 0 Å². The molecule has 3 aliphatic carbocycles. The van der Waals surface area contributed by atoms with Gasteiger partial charge in [-0.15, -0.1) is 0 Å². The lowest BCUT2D eigenvalue weighted by Gasteiger charge is -2.53. The van der Waals surface area contributed by atoms with Crippen LogP contribution in [0.4, 0.5) is 0 Å². The predicted molar refractivity (Wildman–Crippen MR) is 118 cm³/mol. The molecule has 1 saturated heterocycles. The molecule has 1 unspecified atom stereocenters. The third-order valence-electron chi connectivity index (χ3n) is 7.19. The minimum atomic E-state index is -0.480. The van der Waals surface area contributed by atoms with Crippen molar-refractivity contribution in [3.8, 4) is 0 Å². The van der Waals surface area contributed by atoms with Gasteiger partial charge in [0, 0.05) is 18.9 Å². The fraction of sp³-hybridized carbons (Fsp3) is 0.500. The van der Waals surface area contributed by atoms with Crippen molar-refractivity contribution in [2.75, 3.05) is 19.8 Å². The van der Waals surface area contributed by atoms with Gasteiger partial charge in [-0.05, 0) is 48.3 Å². The second-order valence-electron chi connectivity index (χ2n) is 8.90. The summed E-state index contributed by atoms with van der Waals surface area (Å²) < 4.78 is 17.8. The van der Waals surface area contributed by atoms with Gasteiger partial charge in [0.05, 0.1) is 19.8 Å². The first-order valence-electron chi connectivity index (χ1n) is 11.5. The maximum absolute atomic E-state index is 12.8. The van der Waals surface area contributed by atoms with Crippen LogP contribution in [0, 0.1) is 5.92 Å². The molecule has 4 aliphatic rings. The normalized spacial score (nSPS) is 26.5. The Balaban J connectivity index is 1.36. The molecule has 4 atom stereocenters. The van der Waals surface area contributed by atoms with Crippen molar-refractivity contribution in [2.45, 2.75) is 56.4 Å². The summed E-state index contributed by atoms with van der Waals surface area (Å²) in [7, 11) is 0. The number of benzene rings is 2. The van der Waals surface area contributed by atoms with Crippen LogP contribution in [0.25, 0.3) is 0 Å². The van der Waals surface area contributed by atoms with Gasteiger partial charge in [-0.3, -0.25) is 4.79 Å². The summed E-state index contributed by atoms with van der Waals surface area (Å²) in [5.74, 6) is 0.298. The molecule has 2 bridgehead atoms. The van der Waals surface area contributed by atoms with Crippen molar-refractivity contribution in [1.29, 1.82) is 0 Å². The molecule has 2 fully saturated rings. The Morgan fingerprint density at radius 2 is 1.81 bits per heavy atom. The van der Waals surface area contributed by atoms with Crippen molar-refractivity contribution >= 4 is 5.97 Å². The number of hydrogen-bond acceptors (Lipinski definition) is 5. The van der Waals surface area contributed by atoms with E-state index in [2.05, 4.69) is 41.7 Å². The molecule has 1 aliphatic heterocycles. The number of esters is 1. The van der Waals surface area contributed by atoms with E-state index in [0.717, 1.165) is 19.3 Å². The lowest BCUT2D eigenvalue weighted by Crippen LogP contribution is -2.51. The van der Waals surface area contributed by atoms with E-state index in [1.807, 2.05) is 25.1 Å². The van der Waals surface area contributed by atoms with Crippen molar-refractivity contribution in [3.05, 3.63) is 71.3 Å². The van der Waals surface area contributed by atoms with Crippen molar-refractivity contribution < 1.29 is 19.0 Å². The third kappa shape index (κ3) is 3.91. The quantitative estimate of drug-likeness (QED) is 0.681. The zero-order valence-corrected chi connectivity index (χ0v) is 18.1. The van der Waals surface area contributed by atoms with Gasteiger partial charge in [0.2, 0.25) is 0 Å². The van der Waals surface area contributed by atoms with E-state index in [-0.39, 0.29) is 17.9 Å². The van der Waals surface area contributed by atoms with E-state index >= 15 is 0 Å². The molecule has 1 N–H and O–H groups in total. The molecule has 1 saturated carbocycles. The van der Waals surface area contributed by atoms with Crippen LogP contribution in [0.15, 0.2) is 54.6 Å². The van der Waals surface area contributed by atoms with E-state index in [1.54, 1.807) is 0 Å². The first kappa shape index (κ1) is 20.7. The zero-order chi connectivity index (χ0) is 21.3. The van der Waals surface area contributed by atoms with Crippen LogP contribution >= 0.6 is 0 Å². The minimum Gasteiger partial charge on any atom is -0.465 e. The Hall–Kier alpha value is -2.21. The summed E-state index contributed by atoms with van der Waals surface area (Å²) in [6, 6.07) is 18.6. The summed E-state index contributed by atoms with van der Waals surface area (Å²) in [4.78, 5) is 12.8. The molecule has 31 heavy (non-hydrogen) atoms. The molecule has 0 amide bonds.